The average molecular weight is 261 g/mol. The van der Waals surface area contributed by atoms with Gasteiger partial charge in [0.05, 0.1) is 0 Å². The molecule has 17 heavy (non-hydrogen) atoms. The van der Waals surface area contributed by atoms with Gasteiger partial charge in [-0.25, -0.2) is 0 Å². The van der Waals surface area contributed by atoms with Crippen molar-refractivity contribution >= 4 is 8.56 Å². The Balaban J connectivity index is 3.26. The fourth-order valence-corrected chi connectivity index (χ4v) is 2.90. The second-order valence-corrected chi connectivity index (χ2v) is 8.36. The number of hydrogen-bond acceptors (Lipinski definition) is 3. The minimum absolute atomic E-state index is 0.248. The molecular weight excluding hydrogens is 230 g/mol. The maximum absolute atomic E-state index is 9.28. The summed E-state index contributed by atoms with van der Waals surface area (Å²) in [6, 6.07) is 0.800. The lowest BCUT2D eigenvalue weighted by Gasteiger charge is -2.14. The summed E-state index contributed by atoms with van der Waals surface area (Å²) in [7, 11) is -2.83. The van der Waals surface area contributed by atoms with Crippen LogP contribution < -0.4 is 5.73 Å². The first-order chi connectivity index (χ1) is 7.95. The van der Waals surface area contributed by atoms with Crippen LogP contribution in [0.3, 0.4) is 0 Å². The number of rotatable bonds is 11. The molecule has 0 bridgehead atoms. The van der Waals surface area contributed by atoms with Crippen molar-refractivity contribution in [1.29, 1.82) is 0 Å². The normalized spacial score (nSPS) is 13.9. The lowest BCUT2D eigenvalue weighted by atomic mass is 10.0. The molecule has 0 amide bonds. The molecule has 0 heterocycles. The second kappa shape index (κ2) is 10.1. The van der Waals surface area contributed by atoms with Gasteiger partial charge in [0.2, 0.25) is 0 Å². The van der Waals surface area contributed by atoms with Crippen molar-refractivity contribution in [2.24, 2.45) is 5.73 Å². The Bertz CT molecular complexity index is 171. The zero-order chi connectivity index (χ0) is 13.1. The smallest absolute Gasteiger partial charge is 0.329 e. The van der Waals surface area contributed by atoms with Gasteiger partial charge in [-0.05, 0) is 31.9 Å². The molecule has 0 aliphatic heterocycles. The molecule has 0 aromatic carbocycles. The molecule has 0 fully saturated rings. The van der Waals surface area contributed by atoms with Gasteiger partial charge >= 0.3 is 8.56 Å². The van der Waals surface area contributed by atoms with Gasteiger partial charge in [0.1, 0.15) is 0 Å². The Morgan fingerprint density at radius 1 is 0.941 bits per heavy atom. The maximum atomic E-state index is 9.28. The molecule has 4 N–H and O–H groups in total. The van der Waals surface area contributed by atoms with E-state index in [1.54, 1.807) is 6.55 Å². The Morgan fingerprint density at radius 2 is 1.47 bits per heavy atom. The molecule has 104 valence electrons. The molecule has 4 heteroatoms. The summed E-state index contributed by atoms with van der Waals surface area (Å²) in [6.45, 7) is 3.79. The fraction of sp³-hybridized carbons (Fsp3) is 1.00. The van der Waals surface area contributed by atoms with Crippen molar-refractivity contribution in [1.82, 2.24) is 0 Å². The lowest BCUT2D eigenvalue weighted by molar-refractivity contribution is 0.364. The molecule has 1 atom stereocenters. The van der Waals surface area contributed by atoms with Gasteiger partial charge in [-0.2, -0.15) is 0 Å². The summed E-state index contributed by atoms with van der Waals surface area (Å²) in [5.74, 6) is 0. The predicted molar refractivity (Wildman–Crippen MR) is 76.1 cm³/mol. The van der Waals surface area contributed by atoms with E-state index in [0.29, 0.717) is 6.04 Å². The van der Waals surface area contributed by atoms with E-state index in [-0.39, 0.29) is 6.04 Å². The van der Waals surface area contributed by atoms with Crippen molar-refractivity contribution in [3.8, 4) is 0 Å². The monoisotopic (exact) mass is 261 g/mol. The van der Waals surface area contributed by atoms with Crippen LogP contribution >= 0.6 is 0 Å². The third-order valence-electron chi connectivity index (χ3n) is 3.15. The van der Waals surface area contributed by atoms with Crippen LogP contribution in [-0.2, 0) is 0 Å². The van der Waals surface area contributed by atoms with Crippen molar-refractivity contribution in [2.75, 3.05) is 0 Å². The molecule has 3 nitrogen and oxygen atoms in total. The Labute approximate surface area is 108 Å². The topological polar surface area (TPSA) is 66.5 Å². The van der Waals surface area contributed by atoms with Crippen LogP contribution in [0.5, 0.6) is 0 Å². The first-order valence-corrected chi connectivity index (χ1v) is 9.76. The molecule has 1 unspecified atom stereocenters. The second-order valence-electron chi connectivity index (χ2n) is 5.43. The zero-order valence-corrected chi connectivity index (χ0v) is 12.6. The quantitative estimate of drug-likeness (QED) is 0.396. The van der Waals surface area contributed by atoms with E-state index in [1.165, 1.54) is 38.5 Å². The minimum Gasteiger partial charge on any atom is -0.411 e. The largest absolute Gasteiger partial charge is 0.411 e. The summed E-state index contributed by atoms with van der Waals surface area (Å²) in [5.41, 5.74) is 6.00. The van der Waals surface area contributed by atoms with Crippen LogP contribution in [0.2, 0.25) is 12.6 Å². The van der Waals surface area contributed by atoms with Crippen LogP contribution in [0, 0.1) is 0 Å². The van der Waals surface area contributed by atoms with E-state index in [9.17, 15) is 9.59 Å². The summed E-state index contributed by atoms with van der Waals surface area (Å²) in [6.07, 6.45) is 10.7. The van der Waals surface area contributed by atoms with Gasteiger partial charge < -0.3 is 15.3 Å². The van der Waals surface area contributed by atoms with Gasteiger partial charge in [-0.1, -0.05) is 45.4 Å². The van der Waals surface area contributed by atoms with Crippen LogP contribution in [0.4, 0.5) is 0 Å². The first-order valence-electron chi connectivity index (χ1n) is 7.16. The van der Waals surface area contributed by atoms with Gasteiger partial charge in [-0.15, -0.1) is 0 Å². The third kappa shape index (κ3) is 14.0. The standard InChI is InChI=1S/C13H31NO2Si/c1-3-4-5-6-7-8-10-13(14)11-9-12-17(2,15)16/h13,15-16H,3-12,14H2,1-2H3. The highest BCUT2D eigenvalue weighted by Gasteiger charge is 2.20. The third-order valence-corrected chi connectivity index (χ3v) is 4.45. The molecule has 0 spiro atoms. The molecular formula is C13H31NO2Si. The van der Waals surface area contributed by atoms with Gasteiger partial charge in [0.15, 0.2) is 0 Å². The Kier molecular flexibility index (Phi) is 10.1. The summed E-state index contributed by atoms with van der Waals surface area (Å²) in [4.78, 5) is 18.6. The molecule has 0 saturated carbocycles. The van der Waals surface area contributed by atoms with Crippen molar-refractivity contribution in [2.45, 2.75) is 83.3 Å². The van der Waals surface area contributed by atoms with Crippen LogP contribution in [-0.4, -0.2) is 24.2 Å². The lowest BCUT2D eigenvalue weighted by Crippen LogP contribution is -2.30. The number of nitrogens with two attached hydrogens (primary N) is 1. The maximum Gasteiger partial charge on any atom is 0.329 e. The fourth-order valence-electron chi connectivity index (χ4n) is 2.03. The molecule has 0 aliphatic carbocycles. The number of hydrogen-bond donors (Lipinski definition) is 3. The van der Waals surface area contributed by atoms with E-state index < -0.39 is 8.56 Å². The highest BCUT2D eigenvalue weighted by atomic mass is 28.4. The van der Waals surface area contributed by atoms with Crippen LogP contribution in [0.25, 0.3) is 0 Å². The van der Waals surface area contributed by atoms with Crippen LogP contribution in [0.1, 0.15) is 64.7 Å². The molecule has 0 aromatic heterocycles. The highest BCUT2D eigenvalue weighted by molar-refractivity contribution is 6.63. The highest BCUT2D eigenvalue weighted by Crippen LogP contribution is 2.13. The Hall–Kier alpha value is 0.0969. The molecule has 0 aromatic rings. The van der Waals surface area contributed by atoms with E-state index in [2.05, 4.69) is 6.92 Å². The molecule has 0 rings (SSSR count). The van der Waals surface area contributed by atoms with E-state index >= 15 is 0 Å². The van der Waals surface area contributed by atoms with Crippen molar-refractivity contribution in [3.05, 3.63) is 0 Å². The molecule has 0 radical (unpaired) electrons. The summed E-state index contributed by atoms with van der Waals surface area (Å²) in [5, 5.41) is 0. The average Bonchev–Trinajstić information content (AvgIpc) is 2.21. The SMILES string of the molecule is CCCCCCCCC(N)CCC[Si](C)(O)O. The van der Waals surface area contributed by atoms with E-state index in [4.69, 9.17) is 5.73 Å². The Morgan fingerprint density at radius 3 is 2.06 bits per heavy atom. The van der Waals surface area contributed by atoms with Gasteiger partial charge in [0.25, 0.3) is 0 Å². The van der Waals surface area contributed by atoms with Gasteiger partial charge in [0, 0.05) is 6.04 Å². The minimum atomic E-state index is -2.83. The molecule has 0 saturated heterocycles. The zero-order valence-electron chi connectivity index (χ0n) is 11.6. The van der Waals surface area contributed by atoms with E-state index in [0.717, 1.165) is 19.3 Å². The first kappa shape index (κ1) is 17.1. The summed E-state index contributed by atoms with van der Waals surface area (Å²) < 4.78 is 0. The van der Waals surface area contributed by atoms with Gasteiger partial charge in [-0.3, -0.25) is 0 Å². The summed E-state index contributed by atoms with van der Waals surface area (Å²) >= 11 is 0. The number of unbranched alkanes of at least 4 members (excludes halogenated alkanes) is 5. The van der Waals surface area contributed by atoms with Crippen LogP contribution in [0.15, 0.2) is 0 Å². The predicted octanol–water partition coefficient (Wildman–Crippen LogP) is 2.90. The molecule has 0 aliphatic rings. The van der Waals surface area contributed by atoms with Crippen molar-refractivity contribution in [3.63, 3.8) is 0 Å². The van der Waals surface area contributed by atoms with Crippen molar-refractivity contribution < 1.29 is 9.59 Å². The van der Waals surface area contributed by atoms with E-state index in [1.807, 2.05) is 0 Å².